The van der Waals surface area contributed by atoms with E-state index in [0.717, 1.165) is 0 Å². The van der Waals surface area contributed by atoms with Gasteiger partial charge in [0.2, 0.25) is 0 Å². The lowest BCUT2D eigenvalue weighted by molar-refractivity contribution is 0.400. The van der Waals surface area contributed by atoms with Crippen LogP contribution in [0, 0.1) is 0 Å². The van der Waals surface area contributed by atoms with Gasteiger partial charge >= 0.3 is 0 Å². The van der Waals surface area contributed by atoms with Crippen molar-refractivity contribution in [3.63, 3.8) is 0 Å². The second-order valence-corrected chi connectivity index (χ2v) is 4.09. The van der Waals surface area contributed by atoms with Gasteiger partial charge in [-0.15, -0.1) is 0 Å². The fourth-order valence-electron chi connectivity index (χ4n) is 0.199. The van der Waals surface area contributed by atoms with Crippen molar-refractivity contribution in [1.82, 2.24) is 0 Å². The minimum atomic E-state index is -2.82. The van der Waals surface area contributed by atoms with E-state index >= 15 is 0 Å². The molecule has 0 N–H and O–H groups in total. The largest absolute Gasteiger partial charge is 0.365 e. The molecule has 0 fully saturated rings. The molecule has 50 valence electrons. The molecule has 0 aliphatic carbocycles. The first kappa shape index (κ1) is 8.34. The molecule has 0 heterocycles. The van der Waals surface area contributed by atoms with Crippen molar-refractivity contribution in [3.8, 4) is 0 Å². The average Bonchev–Trinajstić information content (AvgIpc) is 1.59. The zero-order chi connectivity index (χ0) is 6.62. The average molecular weight is 156 g/mol. The van der Waals surface area contributed by atoms with Gasteiger partial charge in [-0.3, -0.25) is 0 Å². The highest BCUT2D eigenvalue weighted by molar-refractivity contribution is 7.90. The summed E-state index contributed by atoms with van der Waals surface area (Å²) >= 11 is 0. The number of sulfone groups is 1. The first-order valence-corrected chi connectivity index (χ1v) is 4.59. The van der Waals surface area contributed by atoms with Gasteiger partial charge in [-0.25, -0.2) is 8.42 Å². The topological polar surface area (TPSA) is 43.4 Å². The molecule has 1 unspecified atom stereocenters. The van der Waals surface area contributed by atoms with Gasteiger partial charge in [0, 0.05) is 15.7 Å². The van der Waals surface area contributed by atoms with Gasteiger partial charge in [0.1, 0.15) is 9.84 Å². The zero-order valence-electron chi connectivity index (χ0n) is 4.62. The molecule has 5 heteroatoms. The number of hydrogen-bond acceptors (Lipinski definition) is 3. The molecule has 0 saturated heterocycles. The van der Waals surface area contributed by atoms with Crippen LogP contribution in [-0.4, -0.2) is 27.0 Å². The lowest BCUT2D eigenvalue weighted by Crippen LogP contribution is -2.06. The monoisotopic (exact) mass is 156 g/mol. The van der Waals surface area contributed by atoms with Crippen LogP contribution in [0.3, 0.4) is 0 Å². The van der Waals surface area contributed by atoms with Crippen molar-refractivity contribution in [3.05, 3.63) is 0 Å². The van der Waals surface area contributed by atoms with Gasteiger partial charge in [-0.2, -0.15) is 0 Å². The molecule has 0 aliphatic heterocycles. The van der Waals surface area contributed by atoms with E-state index in [1.54, 1.807) is 0 Å². The van der Waals surface area contributed by atoms with Gasteiger partial charge in [0.05, 0.1) is 12.4 Å². The van der Waals surface area contributed by atoms with Gasteiger partial charge < -0.3 is 4.52 Å². The van der Waals surface area contributed by atoms with Crippen LogP contribution in [0.4, 0.5) is 0 Å². The van der Waals surface area contributed by atoms with Crippen LogP contribution in [0.2, 0.25) is 0 Å². The smallest absolute Gasteiger partial charge is 0.149 e. The minimum absolute atomic E-state index is 0.0937. The van der Waals surface area contributed by atoms with Gasteiger partial charge in [0.15, 0.2) is 0 Å². The molecule has 0 rings (SSSR count). The Morgan fingerprint density at radius 2 is 2.12 bits per heavy atom. The summed E-state index contributed by atoms with van der Waals surface area (Å²) in [6.45, 7) is 0.253. The quantitative estimate of drug-likeness (QED) is 0.533. The highest BCUT2D eigenvalue weighted by Crippen LogP contribution is 1.87. The highest BCUT2D eigenvalue weighted by Gasteiger charge is 1.98. The summed E-state index contributed by atoms with van der Waals surface area (Å²) in [5.74, 6) is 0.0937. The summed E-state index contributed by atoms with van der Waals surface area (Å²) < 4.78 is 25.1. The summed E-state index contributed by atoms with van der Waals surface area (Å²) in [4.78, 5) is 0. The van der Waals surface area contributed by atoms with Gasteiger partial charge in [0.25, 0.3) is 0 Å². The Bertz CT molecular complexity index is 139. The van der Waals surface area contributed by atoms with E-state index in [1.807, 2.05) is 9.47 Å². The fourth-order valence-corrected chi connectivity index (χ4v) is 0.887. The van der Waals surface area contributed by atoms with E-state index in [-0.39, 0.29) is 12.4 Å². The van der Waals surface area contributed by atoms with Crippen molar-refractivity contribution in [2.24, 2.45) is 0 Å². The molecular weight excluding hydrogens is 147 g/mol. The van der Waals surface area contributed by atoms with E-state index in [4.69, 9.17) is 0 Å². The van der Waals surface area contributed by atoms with Crippen LogP contribution in [0.25, 0.3) is 0 Å². The maximum absolute atomic E-state index is 10.3. The number of rotatable bonds is 3. The Morgan fingerprint density at radius 1 is 1.62 bits per heavy atom. The van der Waals surface area contributed by atoms with Crippen molar-refractivity contribution in [2.45, 2.75) is 0 Å². The van der Waals surface area contributed by atoms with Gasteiger partial charge in [-0.05, 0) is 0 Å². The Kier molecular flexibility index (Phi) is 3.53. The molecule has 0 radical (unpaired) electrons. The number of hydrogen-bond donors (Lipinski definition) is 0. The van der Waals surface area contributed by atoms with Gasteiger partial charge in [-0.1, -0.05) is 0 Å². The van der Waals surface area contributed by atoms with Crippen molar-refractivity contribution >= 4 is 19.3 Å². The normalized spacial score (nSPS) is 11.8. The lowest BCUT2D eigenvalue weighted by atomic mass is 10.9. The van der Waals surface area contributed by atoms with Crippen LogP contribution in [0.15, 0.2) is 0 Å². The zero-order valence-corrected chi connectivity index (χ0v) is 6.60. The van der Waals surface area contributed by atoms with E-state index in [0.29, 0.717) is 0 Å². The first-order valence-electron chi connectivity index (χ1n) is 2.05. The minimum Gasteiger partial charge on any atom is -0.365 e. The third-order valence-electron chi connectivity index (χ3n) is 0.572. The van der Waals surface area contributed by atoms with E-state index in [9.17, 15) is 8.42 Å². The summed E-state index contributed by atoms with van der Waals surface area (Å²) in [6, 6.07) is 0. The molecular formula is C3H9O3PS. The predicted molar refractivity (Wildman–Crippen MR) is 35.4 cm³/mol. The first-order chi connectivity index (χ1) is 3.56. The molecule has 1 atom stereocenters. The van der Waals surface area contributed by atoms with E-state index in [2.05, 4.69) is 4.52 Å². The standard InChI is InChI=1S/C3H9O3PS/c1-8(4,5)3-2-6-7/h2-3,7H2,1H3. The molecule has 8 heavy (non-hydrogen) atoms. The molecule has 0 bridgehead atoms. The molecule has 0 spiro atoms. The maximum atomic E-state index is 10.3. The van der Waals surface area contributed by atoms with Crippen molar-refractivity contribution < 1.29 is 12.9 Å². The van der Waals surface area contributed by atoms with Crippen LogP contribution in [-0.2, 0) is 14.4 Å². The second kappa shape index (κ2) is 3.38. The fraction of sp³-hybridized carbons (Fsp3) is 1.00. The summed E-state index contributed by atoms with van der Waals surface area (Å²) in [6.07, 6.45) is 1.18. The Labute approximate surface area is 51.6 Å². The molecule has 0 aromatic rings. The van der Waals surface area contributed by atoms with Crippen molar-refractivity contribution in [2.75, 3.05) is 18.6 Å². The molecule has 0 aromatic heterocycles. The third-order valence-corrected chi connectivity index (χ3v) is 1.72. The Balaban J connectivity index is 3.42. The van der Waals surface area contributed by atoms with Crippen LogP contribution < -0.4 is 0 Å². The second-order valence-electron chi connectivity index (χ2n) is 1.50. The maximum Gasteiger partial charge on any atom is 0.149 e. The van der Waals surface area contributed by atoms with E-state index in [1.165, 1.54) is 6.26 Å². The SMILES string of the molecule is CS(=O)(=O)CCOP. The molecule has 3 nitrogen and oxygen atoms in total. The predicted octanol–water partition coefficient (Wildman–Crippen LogP) is -0.162. The van der Waals surface area contributed by atoms with Crippen LogP contribution >= 0.6 is 9.47 Å². The van der Waals surface area contributed by atoms with Crippen LogP contribution in [0.5, 0.6) is 0 Å². The Hall–Kier alpha value is 0.340. The third kappa shape index (κ3) is 6.34. The summed E-state index contributed by atoms with van der Waals surface area (Å²) in [5.41, 5.74) is 0. The lowest BCUT2D eigenvalue weighted by Gasteiger charge is -1.92. The van der Waals surface area contributed by atoms with Crippen molar-refractivity contribution in [1.29, 1.82) is 0 Å². The molecule has 0 aromatic carbocycles. The Morgan fingerprint density at radius 3 is 2.25 bits per heavy atom. The highest BCUT2D eigenvalue weighted by atomic mass is 32.2. The summed E-state index contributed by atoms with van der Waals surface area (Å²) in [5, 5.41) is 0. The molecule has 0 aliphatic rings. The van der Waals surface area contributed by atoms with E-state index < -0.39 is 9.84 Å². The van der Waals surface area contributed by atoms with Crippen LogP contribution in [0.1, 0.15) is 0 Å². The molecule has 0 saturated carbocycles. The molecule has 0 amide bonds. The summed E-state index contributed by atoms with van der Waals surface area (Å²) in [7, 11) is -0.832.